The summed E-state index contributed by atoms with van der Waals surface area (Å²) in [6.45, 7) is 13.5. The van der Waals surface area contributed by atoms with Gasteiger partial charge in [0, 0.05) is 44.6 Å². The molecular formula is C15H25N3. The van der Waals surface area contributed by atoms with E-state index in [9.17, 15) is 0 Å². The molecule has 3 heteroatoms. The number of pyridine rings is 1. The molecule has 0 radical (unpaired) electrons. The first kappa shape index (κ1) is 13.5. The lowest BCUT2D eigenvalue weighted by Crippen LogP contribution is -2.55. The van der Waals surface area contributed by atoms with Crippen LogP contribution < -0.4 is 5.32 Å². The highest BCUT2D eigenvalue weighted by Gasteiger charge is 2.29. The number of nitrogens with one attached hydrogen (secondary N) is 1. The maximum Gasteiger partial charge on any atom is 0.0300 e. The fourth-order valence-corrected chi connectivity index (χ4v) is 2.46. The van der Waals surface area contributed by atoms with Gasteiger partial charge in [-0.05, 0) is 29.5 Å². The van der Waals surface area contributed by atoms with E-state index in [0.29, 0.717) is 11.5 Å². The molecule has 0 spiro atoms. The van der Waals surface area contributed by atoms with Crippen LogP contribution in [0.3, 0.4) is 0 Å². The molecule has 1 N–H and O–H groups in total. The molecule has 1 atom stereocenters. The van der Waals surface area contributed by atoms with E-state index in [1.165, 1.54) is 11.1 Å². The number of rotatable bonds is 2. The zero-order chi connectivity index (χ0) is 13.2. The van der Waals surface area contributed by atoms with E-state index in [0.717, 1.165) is 26.2 Å². The van der Waals surface area contributed by atoms with Gasteiger partial charge in [-0.15, -0.1) is 0 Å². The van der Waals surface area contributed by atoms with Gasteiger partial charge in [-0.25, -0.2) is 0 Å². The standard InChI is InChI=1S/C15H25N3/c1-12-9-16-6-5-13(12)10-18-8-7-17-14(11-18)15(2,3)4/h5-6,9,14,17H,7-8,10-11H2,1-4H3. The Kier molecular flexibility index (Phi) is 4.03. The van der Waals surface area contributed by atoms with E-state index in [2.05, 4.69) is 49.0 Å². The van der Waals surface area contributed by atoms with Gasteiger partial charge in [0.05, 0.1) is 0 Å². The molecule has 0 aliphatic carbocycles. The first-order valence-corrected chi connectivity index (χ1v) is 6.82. The fourth-order valence-electron chi connectivity index (χ4n) is 2.46. The van der Waals surface area contributed by atoms with Crippen LogP contribution in [-0.2, 0) is 6.54 Å². The van der Waals surface area contributed by atoms with Crippen molar-refractivity contribution in [3.63, 3.8) is 0 Å². The summed E-state index contributed by atoms with van der Waals surface area (Å²) in [5, 5.41) is 3.64. The van der Waals surface area contributed by atoms with Crippen LogP contribution >= 0.6 is 0 Å². The van der Waals surface area contributed by atoms with E-state index < -0.39 is 0 Å². The molecule has 1 unspecified atom stereocenters. The number of hydrogen-bond acceptors (Lipinski definition) is 3. The molecule has 2 rings (SSSR count). The zero-order valence-corrected chi connectivity index (χ0v) is 12.0. The van der Waals surface area contributed by atoms with Gasteiger partial charge in [-0.1, -0.05) is 20.8 Å². The van der Waals surface area contributed by atoms with Crippen LogP contribution in [0.4, 0.5) is 0 Å². The fraction of sp³-hybridized carbons (Fsp3) is 0.667. The molecule has 1 aliphatic rings. The second kappa shape index (κ2) is 5.37. The Morgan fingerprint density at radius 2 is 2.22 bits per heavy atom. The first-order valence-electron chi connectivity index (χ1n) is 6.82. The first-order chi connectivity index (χ1) is 8.47. The maximum atomic E-state index is 4.16. The summed E-state index contributed by atoms with van der Waals surface area (Å²) in [4.78, 5) is 6.71. The number of nitrogens with zero attached hydrogens (tertiary/aromatic N) is 2. The average Bonchev–Trinajstić information content (AvgIpc) is 2.31. The third-order valence-corrected chi connectivity index (χ3v) is 3.84. The van der Waals surface area contributed by atoms with Crippen LogP contribution in [0, 0.1) is 12.3 Å². The molecule has 3 nitrogen and oxygen atoms in total. The summed E-state index contributed by atoms with van der Waals surface area (Å²) in [6.07, 6.45) is 3.85. The minimum Gasteiger partial charge on any atom is -0.311 e. The number of hydrogen-bond donors (Lipinski definition) is 1. The molecule has 18 heavy (non-hydrogen) atoms. The predicted molar refractivity (Wildman–Crippen MR) is 75.5 cm³/mol. The zero-order valence-electron chi connectivity index (χ0n) is 12.0. The van der Waals surface area contributed by atoms with Crippen LogP contribution in [0.1, 0.15) is 31.9 Å². The number of piperazine rings is 1. The SMILES string of the molecule is Cc1cnccc1CN1CCNC(C(C)(C)C)C1. The Balaban J connectivity index is 2.00. The van der Waals surface area contributed by atoms with Crippen molar-refractivity contribution in [2.24, 2.45) is 5.41 Å². The second-order valence-electron chi connectivity index (χ2n) is 6.41. The lowest BCUT2D eigenvalue weighted by Gasteiger charge is -2.40. The normalized spacial score (nSPS) is 22.1. The van der Waals surface area contributed by atoms with Crippen molar-refractivity contribution in [3.8, 4) is 0 Å². The van der Waals surface area contributed by atoms with E-state index >= 15 is 0 Å². The highest BCUT2D eigenvalue weighted by atomic mass is 15.2. The lowest BCUT2D eigenvalue weighted by molar-refractivity contribution is 0.129. The van der Waals surface area contributed by atoms with Crippen LogP contribution in [0.5, 0.6) is 0 Å². The second-order valence-corrected chi connectivity index (χ2v) is 6.41. The highest BCUT2D eigenvalue weighted by molar-refractivity contribution is 5.21. The third kappa shape index (κ3) is 3.30. The molecular weight excluding hydrogens is 222 g/mol. The predicted octanol–water partition coefficient (Wildman–Crippen LogP) is 2.21. The molecule has 0 saturated carbocycles. The minimum atomic E-state index is 0.325. The topological polar surface area (TPSA) is 28.2 Å². The maximum absolute atomic E-state index is 4.16. The Labute approximate surface area is 111 Å². The van der Waals surface area contributed by atoms with Gasteiger partial charge in [0.2, 0.25) is 0 Å². The van der Waals surface area contributed by atoms with Crippen LogP contribution in [-0.4, -0.2) is 35.6 Å². The van der Waals surface area contributed by atoms with Gasteiger partial charge >= 0.3 is 0 Å². The van der Waals surface area contributed by atoms with Gasteiger partial charge in [-0.2, -0.15) is 0 Å². The monoisotopic (exact) mass is 247 g/mol. The van der Waals surface area contributed by atoms with E-state index in [1.54, 1.807) is 0 Å². The lowest BCUT2D eigenvalue weighted by atomic mass is 9.85. The molecule has 2 heterocycles. The summed E-state index contributed by atoms with van der Waals surface area (Å²) in [5.74, 6) is 0. The third-order valence-electron chi connectivity index (χ3n) is 3.84. The molecule has 1 aromatic rings. The molecule has 1 aromatic heterocycles. The quantitative estimate of drug-likeness (QED) is 0.868. The molecule has 0 amide bonds. The summed E-state index contributed by atoms with van der Waals surface area (Å²) < 4.78 is 0. The van der Waals surface area contributed by atoms with Crippen molar-refractivity contribution in [3.05, 3.63) is 29.6 Å². The van der Waals surface area contributed by atoms with Crippen molar-refractivity contribution >= 4 is 0 Å². The highest BCUT2D eigenvalue weighted by Crippen LogP contribution is 2.22. The summed E-state index contributed by atoms with van der Waals surface area (Å²) in [6, 6.07) is 2.72. The van der Waals surface area contributed by atoms with Crippen molar-refractivity contribution in [1.29, 1.82) is 0 Å². The smallest absolute Gasteiger partial charge is 0.0300 e. The largest absolute Gasteiger partial charge is 0.311 e. The van der Waals surface area contributed by atoms with E-state index in [-0.39, 0.29) is 0 Å². The molecule has 0 aromatic carbocycles. The van der Waals surface area contributed by atoms with Crippen molar-refractivity contribution < 1.29 is 0 Å². The van der Waals surface area contributed by atoms with Crippen LogP contribution in [0.15, 0.2) is 18.5 Å². The minimum absolute atomic E-state index is 0.325. The van der Waals surface area contributed by atoms with Gasteiger partial charge in [0.25, 0.3) is 0 Å². The van der Waals surface area contributed by atoms with Crippen LogP contribution in [0.25, 0.3) is 0 Å². The molecule has 0 bridgehead atoms. The van der Waals surface area contributed by atoms with E-state index in [4.69, 9.17) is 0 Å². The Morgan fingerprint density at radius 1 is 1.44 bits per heavy atom. The Morgan fingerprint density at radius 3 is 2.89 bits per heavy atom. The molecule has 1 fully saturated rings. The Hall–Kier alpha value is -0.930. The van der Waals surface area contributed by atoms with Crippen molar-refractivity contribution in [1.82, 2.24) is 15.2 Å². The molecule has 100 valence electrons. The summed E-state index contributed by atoms with van der Waals surface area (Å²) in [5.41, 5.74) is 3.02. The Bertz CT molecular complexity index is 395. The van der Waals surface area contributed by atoms with Gasteiger partial charge < -0.3 is 5.32 Å². The summed E-state index contributed by atoms with van der Waals surface area (Å²) in [7, 11) is 0. The van der Waals surface area contributed by atoms with Gasteiger partial charge in [-0.3, -0.25) is 9.88 Å². The molecule has 1 aliphatic heterocycles. The van der Waals surface area contributed by atoms with Crippen molar-refractivity contribution in [2.75, 3.05) is 19.6 Å². The van der Waals surface area contributed by atoms with E-state index in [1.807, 2.05) is 12.4 Å². The van der Waals surface area contributed by atoms with Gasteiger partial charge in [0.15, 0.2) is 0 Å². The van der Waals surface area contributed by atoms with Gasteiger partial charge in [0.1, 0.15) is 0 Å². The number of aromatic nitrogens is 1. The summed E-state index contributed by atoms with van der Waals surface area (Å²) >= 11 is 0. The average molecular weight is 247 g/mol. The van der Waals surface area contributed by atoms with Crippen molar-refractivity contribution in [2.45, 2.75) is 40.3 Å². The number of aryl methyl sites for hydroxylation is 1. The molecule has 1 saturated heterocycles. The van der Waals surface area contributed by atoms with Crippen LogP contribution in [0.2, 0.25) is 0 Å².